The van der Waals surface area contributed by atoms with Gasteiger partial charge in [-0.1, -0.05) is 98.5 Å². The third-order valence-corrected chi connectivity index (χ3v) is 5.43. The van der Waals surface area contributed by atoms with Crippen LogP contribution in [0, 0.1) is 0 Å². The van der Waals surface area contributed by atoms with E-state index in [1.165, 1.54) is 77.0 Å². The maximum Gasteiger partial charge on any atom is 0.305 e. The molecule has 0 bridgehead atoms. The zero-order valence-corrected chi connectivity index (χ0v) is 20.0. The second-order valence-electron chi connectivity index (χ2n) is 7.66. The number of hydrogen-bond donors (Lipinski definition) is 0. The molecule has 0 aliphatic rings. The highest BCUT2D eigenvalue weighted by Crippen LogP contribution is 2.09. The van der Waals surface area contributed by atoms with Gasteiger partial charge >= 0.3 is 5.97 Å². The monoisotopic (exact) mass is 456 g/mol. The van der Waals surface area contributed by atoms with Gasteiger partial charge in [-0.3, -0.25) is 4.79 Å². The molecule has 0 unspecified atom stereocenters. The van der Waals surface area contributed by atoms with Crippen molar-refractivity contribution in [1.29, 1.82) is 0 Å². The normalized spacial score (nSPS) is 11.6. The van der Waals surface area contributed by atoms with Crippen molar-refractivity contribution in [3.8, 4) is 0 Å². The standard InChI is InChI=1S/C25H45BrO2/c1-2-3-4-5-6-7-8-9-10-11-12-13-14-15-18-21-24-28-25(27)22-19-16-17-20-23-26/h6-7,9-10H,2-5,8,11-24H2,1H3/b7-6-,10-9?. The van der Waals surface area contributed by atoms with Gasteiger partial charge in [-0.05, 0) is 51.4 Å². The van der Waals surface area contributed by atoms with Gasteiger partial charge in [-0.25, -0.2) is 0 Å². The number of esters is 1. The highest BCUT2D eigenvalue weighted by atomic mass is 79.9. The van der Waals surface area contributed by atoms with Crippen LogP contribution in [0.1, 0.15) is 116 Å². The van der Waals surface area contributed by atoms with Crippen molar-refractivity contribution in [2.24, 2.45) is 0 Å². The number of ether oxygens (including phenoxy) is 1. The molecule has 0 aliphatic heterocycles. The van der Waals surface area contributed by atoms with E-state index in [1.54, 1.807) is 0 Å². The van der Waals surface area contributed by atoms with Crippen LogP contribution in [-0.2, 0) is 9.53 Å². The maximum absolute atomic E-state index is 11.6. The van der Waals surface area contributed by atoms with Crippen molar-refractivity contribution in [3.63, 3.8) is 0 Å². The summed E-state index contributed by atoms with van der Waals surface area (Å²) in [4.78, 5) is 11.6. The summed E-state index contributed by atoms with van der Waals surface area (Å²) in [7, 11) is 0. The molecule has 0 heterocycles. The van der Waals surface area contributed by atoms with Gasteiger partial charge in [0.05, 0.1) is 6.61 Å². The molecular weight excluding hydrogens is 412 g/mol. The lowest BCUT2D eigenvalue weighted by Gasteiger charge is -2.05. The molecule has 0 aliphatic carbocycles. The molecule has 0 radical (unpaired) electrons. The largest absolute Gasteiger partial charge is 0.466 e. The summed E-state index contributed by atoms with van der Waals surface area (Å²) in [5.74, 6) is -0.0126. The average molecular weight is 458 g/mol. The van der Waals surface area contributed by atoms with Crippen LogP contribution in [0.5, 0.6) is 0 Å². The number of alkyl halides is 1. The topological polar surface area (TPSA) is 26.3 Å². The summed E-state index contributed by atoms with van der Waals surface area (Å²) in [5.41, 5.74) is 0. The van der Waals surface area contributed by atoms with Gasteiger partial charge in [0.1, 0.15) is 0 Å². The SMILES string of the molecule is CCCCC/C=C\CC=CCCCCCCCCOC(=O)CCCCCCBr. The Balaban J connectivity index is 3.22. The van der Waals surface area contributed by atoms with Gasteiger partial charge in [0.25, 0.3) is 0 Å². The van der Waals surface area contributed by atoms with Crippen LogP contribution in [0.2, 0.25) is 0 Å². The van der Waals surface area contributed by atoms with Crippen molar-refractivity contribution < 1.29 is 9.53 Å². The fourth-order valence-corrected chi connectivity index (χ4v) is 3.46. The zero-order valence-electron chi connectivity index (χ0n) is 18.4. The molecule has 0 rings (SSSR count). The Bertz CT molecular complexity index is 377. The van der Waals surface area contributed by atoms with Crippen molar-refractivity contribution in [2.45, 2.75) is 116 Å². The predicted molar refractivity (Wildman–Crippen MR) is 127 cm³/mol. The molecular formula is C25H45BrO2. The van der Waals surface area contributed by atoms with Gasteiger partial charge in [0, 0.05) is 11.8 Å². The lowest BCUT2D eigenvalue weighted by atomic mass is 10.1. The van der Waals surface area contributed by atoms with Crippen LogP contribution in [0.25, 0.3) is 0 Å². The Hall–Kier alpha value is -0.570. The third-order valence-electron chi connectivity index (χ3n) is 4.87. The van der Waals surface area contributed by atoms with E-state index in [4.69, 9.17) is 4.74 Å². The molecule has 0 amide bonds. The van der Waals surface area contributed by atoms with Crippen LogP contribution in [0.4, 0.5) is 0 Å². The van der Waals surface area contributed by atoms with E-state index < -0.39 is 0 Å². The Morgan fingerprint density at radius 1 is 0.714 bits per heavy atom. The summed E-state index contributed by atoms with van der Waals surface area (Å²) in [6.07, 6.45) is 29.2. The molecule has 2 nitrogen and oxygen atoms in total. The first-order valence-electron chi connectivity index (χ1n) is 11.8. The minimum absolute atomic E-state index is 0.0126. The van der Waals surface area contributed by atoms with Gasteiger partial charge < -0.3 is 4.74 Å². The molecule has 0 aromatic carbocycles. The Morgan fingerprint density at radius 2 is 1.29 bits per heavy atom. The fraction of sp³-hybridized carbons (Fsp3) is 0.800. The van der Waals surface area contributed by atoms with E-state index in [-0.39, 0.29) is 5.97 Å². The minimum Gasteiger partial charge on any atom is -0.466 e. The van der Waals surface area contributed by atoms with Crippen molar-refractivity contribution in [2.75, 3.05) is 11.9 Å². The van der Waals surface area contributed by atoms with Crippen LogP contribution in [0.3, 0.4) is 0 Å². The first-order valence-corrected chi connectivity index (χ1v) is 12.9. The lowest BCUT2D eigenvalue weighted by Crippen LogP contribution is -2.05. The summed E-state index contributed by atoms with van der Waals surface area (Å²) in [5, 5.41) is 1.06. The van der Waals surface area contributed by atoms with E-state index in [1.807, 2.05) is 0 Å². The molecule has 0 saturated carbocycles. The smallest absolute Gasteiger partial charge is 0.305 e. The Morgan fingerprint density at radius 3 is 1.96 bits per heavy atom. The molecule has 0 fully saturated rings. The summed E-state index contributed by atoms with van der Waals surface area (Å²) in [6, 6.07) is 0. The molecule has 0 aromatic rings. The second kappa shape index (κ2) is 24.5. The number of carbonyl (C=O) groups excluding carboxylic acids is 1. The number of hydrogen-bond acceptors (Lipinski definition) is 2. The Labute approximate surface area is 183 Å². The summed E-state index contributed by atoms with van der Waals surface area (Å²) < 4.78 is 5.30. The van der Waals surface area contributed by atoms with Crippen LogP contribution in [0.15, 0.2) is 24.3 Å². The van der Waals surface area contributed by atoms with E-state index in [0.717, 1.165) is 31.0 Å². The van der Waals surface area contributed by atoms with E-state index >= 15 is 0 Å². The Kier molecular flexibility index (Phi) is 24.0. The number of unbranched alkanes of at least 4 members (excludes halogenated alkanes) is 12. The van der Waals surface area contributed by atoms with Gasteiger partial charge in [-0.15, -0.1) is 0 Å². The molecule has 28 heavy (non-hydrogen) atoms. The molecule has 0 atom stereocenters. The van der Waals surface area contributed by atoms with Gasteiger partial charge in [0.15, 0.2) is 0 Å². The number of rotatable bonds is 21. The van der Waals surface area contributed by atoms with Gasteiger partial charge in [-0.2, -0.15) is 0 Å². The van der Waals surface area contributed by atoms with Crippen LogP contribution < -0.4 is 0 Å². The van der Waals surface area contributed by atoms with Crippen molar-refractivity contribution in [3.05, 3.63) is 24.3 Å². The van der Waals surface area contributed by atoms with E-state index in [9.17, 15) is 4.79 Å². The highest BCUT2D eigenvalue weighted by molar-refractivity contribution is 9.09. The van der Waals surface area contributed by atoms with Crippen LogP contribution >= 0.6 is 15.9 Å². The maximum atomic E-state index is 11.6. The van der Waals surface area contributed by atoms with E-state index in [2.05, 4.69) is 47.2 Å². The number of allylic oxidation sites excluding steroid dienone is 4. The zero-order chi connectivity index (χ0) is 20.5. The molecule has 3 heteroatoms. The molecule has 0 aromatic heterocycles. The first kappa shape index (κ1) is 27.4. The number of carbonyl (C=O) groups is 1. The fourth-order valence-electron chi connectivity index (χ4n) is 3.07. The minimum atomic E-state index is -0.0126. The molecule has 164 valence electrons. The second-order valence-corrected chi connectivity index (χ2v) is 8.45. The molecule has 0 saturated heterocycles. The lowest BCUT2D eigenvalue weighted by molar-refractivity contribution is -0.143. The van der Waals surface area contributed by atoms with E-state index in [0.29, 0.717) is 13.0 Å². The first-order chi connectivity index (χ1) is 13.8. The highest BCUT2D eigenvalue weighted by Gasteiger charge is 2.02. The van der Waals surface area contributed by atoms with Gasteiger partial charge in [0.2, 0.25) is 0 Å². The molecule has 0 spiro atoms. The summed E-state index contributed by atoms with van der Waals surface area (Å²) in [6.45, 7) is 2.86. The predicted octanol–water partition coefficient (Wildman–Crippen LogP) is 8.69. The van der Waals surface area contributed by atoms with Crippen LogP contribution in [-0.4, -0.2) is 17.9 Å². The molecule has 0 N–H and O–H groups in total. The third kappa shape index (κ3) is 23.5. The summed E-state index contributed by atoms with van der Waals surface area (Å²) >= 11 is 3.43. The number of halogens is 1. The average Bonchev–Trinajstić information content (AvgIpc) is 2.70. The quantitative estimate of drug-likeness (QED) is 0.0746. The van der Waals surface area contributed by atoms with Crippen molar-refractivity contribution in [1.82, 2.24) is 0 Å². The van der Waals surface area contributed by atoms with Crippen molar-refractivity contribution >= 4 is 21.9 Å².